The van der Waals surface area contributed by atoms with E-state index in [-0.39, 0.29) is 16.5 Å². The van der Waals surface area contributed by atoms with E-state index in [4.69, 9.17) is 10.5 Å². The van der Waals surface area contributed by atoms with Crippen LogP contribution < -0.4 is 10.5 Å². The number of benzene rings is 1. The minimum Gasteiger partial charge on any atom is -0.497 e. The highest BCUT2D eigenvalue weighted by molar-refractivity contribution is 7.89. The van der Waals surface area contributed by atoms with Crippen molar-refractivity contribution < 1.29 is 18.3 Å². The fourth-order valence-electron chi connectivity index (χ4n) is 2.63. The Morgan fingerprint density at radius 3 is 2.48 bits per heavy atom. The summed E-state index contributed by atoms with van der Waals surface area (Å²) in [6.45, 7) is 2.56. The van der Waals surface area contributed by atoms with Gasteiger partial charge in [-0.15, -0.1) is 0 Å². The molecule has 1 heterocycles. The molecule has 1 saturated heterocycles. The molecule has 0 spiro atoms. The average Bonchev–Trinajstić information content (AvgIpc) is 2.46. The Morgan fingerprint density at radius 2 is 2.00 bits per heavy atom. The summed E-state index contributed by atoms with van der Waals surface area (Å²) in [5, 5.41) is 9.58. The molecule has 1 aromatic rings. The highest BCUT2D eigenvalue weighted by Gasteiger charge is 2.32. The fraction of sp³-hybridized carbons (Fsp3) is 0.571. The van der Waals surface area contributed by atoms with Crippen molar-refractivity contribution in [2.45, 2.75) is 30.8 Å². The van der Waals surface area contributed by atoms with Crippen LogP contribution in [-0.4, -0.2) is 44.1 Å². The summed E-state index contributed by atoms with van der Waals surface area (Å²) in [7, 11) is -2.09. The monoisotopic (exact) mass is 314 g/mol. The molecule has 118 valence electrons. The number of hydrogen-bond donors (Lipinski definition) is 2. The van der Waals surface area contributed by atoms with Crippen LogP contribution in [0.15, 0.2) is 23.1 Å². The Labute approximate surface area is 125 Å². The maximum absolute atomic E-state index is 12.6. The summed E-state index contributed by atoms with van der Waals surface area (Å²) in [5.41, 5.74) is 6.03. The molecule has 2 rings (SSSR count). The molecule has 1 aliphatic rings. The van der Waals surface area contributed by atoms with Crippen LogP contribution in [-0.2, 0) is 10.0 Å². The van der Waals surface area contributed by atoms with Crippen molar-refractivity contribution in [3.05, 3.63) is 18.2 Å². The smallest absolute Gasteiger partial charge is 0.245 e. The van der Waals surface area contributed by atoms with Crippen LogP contribution in [0.2, 0.25) is 0 Å². The van der Waals surface area contributed by atoms with E-state index < -0.39 is 16.1 Å². The van der Waals surface area contributed by atoms with Crippen molar-refractivity contribution >= 4 is 15.7 Å². The molecule has 1 fully saturated rings. The number of aliphatic hydroxyl groups excluding tert-OH is 1. The zero-order chi connectivity index (χ0) is 15.6. The molecule has 3 N–H and O–H groups in total. The largest absolute Gasteiger partial charge is 0.497 e. The molecule has 6 nitrogen and oxygen atoms in total. The van der Waals surface area contributed by atoms with E-state index >= 15 is 0 Å². The number of ether oxygens (including phenoxy) is 1. The molecular weight excluding hydrogens is 292 g/mol. The number of piperidine rings is 1. The molecular formula is C14H22N2O4S. The van der Waals surface area contributed by atoms with Crippen molar-refractivity contribution in [1.82, 2.24) is 4.31 Å². The van der Waals surface area contributed by atoms with Crippen molar-refractivity contribution in [3.63, 3.8) is 0 Å². The highest BCUT2D eigenvalue weighted by atomic mass is 32.2. The Hall–Kier alpha value is -1.31. The van der Waals surface area contributed by atoms with Gasteiger partial charge in [0.05, 0.1) is 18.9 Å². The van der Waals surface area contributed by atoms with Crippen LogP contribution in [0.3, 0.4) is 0 Å². The summed E-state index contributed by atoms with van der Waals surface area (Å²) in [4.78, 5) is 0.110. The Kier molecular flexibility index (Phi) is 4.75. The number of nitrogens with zero attached hydrogens (tertiary/aromatic N) is 1. The standard InChI is InChI=1S/C14H22N2O4S/c1-10(17)11-5-7-16(8-6-11)21(18,19)14-4-3-12(20-2)9-13(14)15/h3-4,9-11,17H,5-8,15H2,1-2H3. The molecule has 0 amide bonds. The van der Waals surface area contributed by atoms with Gasteiger partial charge in [0.2, 0.25) is 10.0 Å². The first-order valence-electron chi connectivity index (χ1n) is 6.98. The predicted octanol–water partition coefficient (Wildman–Crippen LogP) is 1.06. The Bertz CT molecular complexity index is 593. The number of nitrogens with two attached hydrogens (primary N) is 1. The van der Waals surface area contributed by atoms with E-state index in [0.717, 1.165) is 0 Å². The number of nitrogen functional groups attached to an aromatic ring is 1. The van der Waals surface area contributed by atoms with Gasteiger partial charge in [0.15, 0.2) is 0 Å². The van der Waals surface area contributed by atoms with E-state index in [1.165, 1.54) is 23.5 Å². The van der Waals surface area contributed by atoms with E-state index in [1.807, 2.05) is 0 Å². The second kappa shape index (κ2) is 6.21. The van der Waals surface area contributed by atoms with E-state index in [0.29, 0.717) is 31.7 Å². The highest BCUT2D eigenvalue weighted by Crippen LogP contribution is 2.30. The third-order valence-electron chi connectivity index (χ3n) is 4.02. The molecule has 0 bridgehead atoms. The first-order valence-corrected chi connectivity index (χ1v) is 8.42. The second-order valence-electron chi connectivity index (χ2n) is 5.39. The lowest BCUT2D eigenvalue weighted by Crippen LogP contribution is -2.40. The molecule has 0 saturated carbocycles. The van der Waals surface area contributed by atoms with Crippen LogP contribution in [0.5, 0.6) is 5.75 Å². The lowest BCUT2D eigenvalue weighted by atomic mass is 9.93. The minimum absolute atomic E-state index is 0.110. The van der Waals surface area contributed by atoms with Gasteiger partial charge in [-0.05, 0) is 37.8 Å². The maximum atomic E-state index is 12.6. The predicted molar refractivity (Wildman–Crippen MR) is 80.6 cm³/mol. The third-order valence-corrected chi connectivity index (χ3v) is 5.99. The molecule has 1 unspecified atom stereocenters. The van der Waals surface area contributed by atoms with Gasteiger partial charge in [0.25, 0.3) is 0 Å². The summed E-state index contributed by atoms with van der Waals surface area (Å²) in [6, 6.07) is 4.57. The molecule has 1 atom stereocenters. The molecule has 0 radical (unpaired) electrons. The maximum Gasteiger partial charge on any atom is 0.245 e. The SMILES string of the molecule is COc1ccc(S(=O)(=O)N2CCC(C(C)O)CC2)c(N)c1. The van der Waals surface area contributed by atoms with Gasteiger partial charge >= 0.3 is 0 Å². The van der Waals surface area contributed by atoms with Crippen molar-refractivity contribution in [2.75, 3.05) is 25.9 Å². The number of aliphatic hydroxyl groups is 1. The second-order valence-corrected chi connectivity index (χ2v) is 7.29. The first-order chi connectivity index (χ1) is 9.86. The number of anilines is 1. The fourth-order valence-corrected chi connectivity index (χ4v) is 4.19. The zero-order valence-electron chi connectivity index (χ0n) is 12.3. The molecule has 0 aliphatic carbocycles. The summed E-state index contributed by atoms with van der Waals surface area (Å²) in [6.07, 6.45) is 0.917. The van der Waals surface area contributed by atoms with E-state index in [2.05, 4.69) is 0 Å². The van der Waals surface area contributed by atoms with E-state index in [1.54, 1.807) is 13.0 Å². The van der Waals surface area contributed by atoms with Crippen LogP contribution >= 0.6 is 0 Å². The van der Waals surface area contributed by atoms with Gasteiger partial charge in [-0.25, -0.2) is 8.42 Å². The first kappa shape index (κ1) is 16.1. The van der Waals surface area contributed by atoms with Crippen LogP contribution in [0.4, 0.5) is 5.69 Å². The van der Waals surface area contributed by atoms with Gasteiger partial charge in [-0.1, -0.05) is 0 Å². The number of sulfonamides is 1. The minimum atomic E-state index is -3.60. The van der Waals surface area contributed by atoms with Gasteiger partial charge < -0.3 is 15.6 Å². The van der Waals surface area contributed by atoms with Crippen molar-refractivity contribution in [1.29, 1.82) is 0 Å². The number of hydrogen-bond acceptors (Lipinski definition) is 5. The van der Waals surface area contributed by atoms with E-state index in [9.17, 15) is 13.5 Å². The van der Waals surface area contributed by atoms with Crippen molar-refractivity contribution in [3.8, 4) is 5.75 Å². The molecule has 0 aromatic heterocycles. The number of rotatable bonds is 4. The topological polar surface area (TPSA) is 92.9 Å². The van der Waals surface area contributed by atoms with Crippen molar-refractivity contribution in [2.24, 2.45) is 5.92 Å². The van der Waals surface area contributed by atoms with Crippen LogP contribution in [0.25, 0.3) is 0 Å². The molecule has 1 aliphatic heterocycles. The normalized spacial score (nSPS) is 19.4. The summed E-state index contributed by atoms with van der Waals surface area (Å²) in [5.74, 6) is 0.684. The van der Waals surface area contributed by atoms with Gasteiger partial charge in [-0.2, -0.15) is 4.31 Å². The summed E-state index contributed by atoms with van der Waals surface area (Å²) < 4.78 is 31.7. The lowest BCUT2D eigenvalue weighted by molar-refractivity contribution is 0.0912. The van der Waals surface area contributed by atoms with Crippen LogP contribution in [0, 0.1) is 5.92 Å². The third kappa shape index (κ3) is 3.30. The van der Waals surface area contributed by atoms with Gasteiger partial charge in [-0.3, -0.25) is 0 Å². The number of methoxy groups -OCH3 is 1. The average molecular weight is 314 g/mol. The summed E-state index contributed by atoms with van der Waals surface area (Å²) >= 11 is 0. The van der Waals surface area contributed by atoms with Crippen LogP contribution in [0.1, 0.15) is 19.8 Å². The van der Waals surface area contributed by atoms with Gasteiger partial charge in [0.1, 0.15) is 10.6 Å². The molecule has 21 heavy (non-hydrogen) atoms. The molecule has 1 aromatic carbocycles. The lowest BCUT2D eigenvalue weighted by Gasteiger charge is -2.32. The van der Waals surface area contributed by atoms with Gasteiger partial charge in [0, 0.05) is 19.2 Å². The molecule has 7 heteroatoms. The zero-order valence-corrected chi connectivity index (χ0v) is 13.1. The Balaban J connectivity index is 2.19. The quantitative estimate of drug-likeness (QED) is 0.811. The Morgan fingerprint density at radius 1 is 1.38 bits per heavy atom.